The number of hydrogen-bond donors (Lipinski definition) is 1. The van der Waals surface area contributed by atoms with Crippen LogP contribution in [0.15, 0.2) is 69.3 Å². The summed E-state index contributed by atoms with van der Waals surface area (Å²) in [5, 5.41) is 13.0. The van der Waals surface area contributed by atoms with E-state index in [0.29, 0.717) is 59.9 Å². The fourth-order valence-electron chi connectivity index (χ4n) is 3.66. The Morgan fingerprint density at radius 1 is 1.22 bits per heavy atom. The molecule has 0 unspecified atom stereocenters. The lowest BCUT2D eigenvalue weighted by Gasteiger charge is -2.23. The third kappa shape index (κ3) is 4.74. The molecule has 1 aliphatic carbocycles. The molecular weight excluding hydrogens is 413 g/mol. The Kier molecular flexibility index (Phi) is 6.11. The van der Waals surface area contributed by atoms with E-state index in [1.165, 1.54) is 29.2 Å². The summed E-state index contributed by atoms with van der Waals surface area (Å²) in [5.41, 5.74) is 3.17. The minimum Gasteiger partial charge on any atom is -0.481 e. The van der Waals surface area contributed by atoms with Crippen molar-refractivity contribution in [1.82, 2.24) is 5.16 Å². The Bertz CT molecular complexity index is 1170. The number of carboxylic acids is 1. The third-order valence-corrected chi connectivity index (χ3v) is 5.22. The second kappa shape index (κ2) is 9.13. The third-order valence-electron chi connectivity index (χ3n) is 5.22. The monoisotopic (exact) mass is 435 g/mol. The molecule has 1 aliphatic heterocycles. The summed E-state index contributed by atoms with van der Waals surface area (Å²) >= 11 is 0. The topological polar surface area (TPSA) is 96.0 Å². The van der Waals surface area contributed by atoms with Crippen molar-refractivity contribution in [1.29, 1.82) is 0 Å². The first-order valence-corrected chi connectivity index (χ1v) is 10.4. The lowest BCUT2D eigenvalue weighted by molar-refractivity contribution is -0.137. The van der Waals surface area contributed by atoms with Crippen LogP contribution in [0.1, 0.15) is 43.6 Å². The van der Waals surface area contributed by atoms with E-state index in [2.05, 4.69) is 5.16 Å². The van der Waals surface area contributed by atoms with Gasteiger partial charge < -0.3 is 9.63 Å². The molecule has 0 atom stereocenters. The number of aryl methyl sites for hydroxylation is 1. The van der Waals surface area contributed by atoms with E-state index in [1.54, 1.807) is 13.0 Å². The molecule has 1 aromatic carbocycles. The Morgan fingerprint density at radius 3 is 2.69 bits per heavy atom. The number of allylic oxidation sites excluding steroid dienone is 5. The van der Waals surface area contributed by atoms with Crippen molar-refractivity contribution in [3.8, 4) is 0 Å². The second-order valence-corrected chi connectivity index (χ2v) is 7.70. The van der Waals surface area contributed by atoms with Crippen LogP contribution >= 0.6 is 0 Å². The quantitative estimate of drug-likeness (QED) is 0.630. The predicted molar refractivity (Wildman–Crippen MR) is 117 cm³/mol. The molecule has 164 valence electrons. The van der Waals surface area contributed by atoms with Gasteiger partial charge in [0.2, 0.25) is 0 Å². The number of amides is 1. The molecule has 2 aliphatic rings. The number of carboxylic acid groups (broad SMARTS) is 1. The van der Waals surface area contributed by atoms with E-state index in [4.69, 9.17) is 14.6 Å². The molecule has 0 saturated carbocycles. The molecule has 1 aromatic heterocycles. The number of aromatic nitrogens is 1. The van der Waals surface area contributed by atoms with Gasteiger partial charge in [-0.15, -0.1) is 0 Å². The number of halogens is 1. The van der Waals surface area contributed by atoms with Gasteiger partial charge in [-0.25, -0.2) is 9.38 Å². The molecule has 4 rings (SSSR count). The summed E-state index contributed by atoms with van der Waals surface area (Å²) < 4.78 is 18.7. The van der Waals surface area contributed by atoms with E-state index in [0.717, 1.165) is 5.57 Å². The maximum atomic E-state index is 13.5. The number of rotatable bonds is 7. The number of aliphatic imine (C=N–C) groups is 1. The summed E-state index contributed by atoms with van der Waals surface area (Å²) in [6.45, 7) is 1.81. The van der Waals surface area contributed by atoms with Gasteiger partial charge in [0.1, 0.15) is 23.1 Å². The predicted octanol–water partition coefficient (Wildman–Crippen LogP) is 4.81. The van der Waals surface area contributed by atoms with E-state index in [1.807, 2.05) is 18.2 Å². The van der Waals surface area contributed by atoms with Crippen molar-refractivity contribution in [2.24, 2.45) is 4.99 Å². The van der Waals surface area contributed by atoms with Gasteiger partial charge in [0, 0.05) is 42.2 Å². The molecule has 2 heterocycles. The molecule has 7 nitrogen and oxygen atoms in total. The summed E-state index contributed by atoms with van der Waals surface area (Å²) in [6, 6.07) is 7.49. The minimum absolute atomic E-state index is 0.0457. The standard InChI is InChI=1S/C24H22FN3O4/c1-15-12-21(27-32-15)16-6-7-17-14-19(13-16)26-22(4-2-3-5-23(29)30)28(24(17)31)20-10-8-18(25)9-11-20/h6-13H,2-5,14H2,1H3,(H,29,30). The van der Waals surface area contributed by atoms with Crippen molar-refractivity contribution in [2.75, 3.05) is 4.90 Å². The number of carbonyl (C=O) groups is 2. The summed E-state index contributed by atoms with van der Waals surface area (Å²) in [5.74, 6) is -0.330. The number of fused-ring (bicyclic) bond motifs is 2. The molecule has 0 spiro atoms. The van der Waals surface area contributed by atoms with Gasteiger partial charge in [-0.05, 0) is 50.1 Å². The number of nitrogens with zero attached hydrogens (tertiary/aromatic N) is 3. The molecule has 1 N–H and O–H groups in total. The maximum absolute atomic E-state index is 13.5. The van der Waals surface area contributed by atoms with E-state index >= 15 is 0 Å². The lowest BCUT2D eigenvalue weighted by Crippen LogP contribution is -2.37. The normalized spacial score (nSPS) is 15.9. The average Bonchev–Trinajstić information content (AvgIpc) is 3.01. The molecule has 32 heavy (non-hydrogen) atoms. The van der Waals surface area contributed by atoms with Crippen LogP contribution in [0.3, 0.4) is 0 Å². The highest BCUT2D eigenvalue weighted by Crippen LogP contribution is 2.31. The Hall–Kier alpha value is -3.81. The molecule has 8 heteroatoms. The van der Waals surface area contributed by atoms with Crippen LogP contribution in [-0.4, -0.2) is 28.0 Å². The molecule has 1 amide bonds. The Labute approximate surface area is 184 Å². The highest BCUT2D eigenvalue weighted by molar-refractivity contribution is 6.23. The number of benzene rings is 1. The lowest BCUT2D eigenvalue weighted by atomic mass is 10.1. The summed E-state index contributed by atoms with van der Waals surface area (Å²) in [6.07, 6.45) is 7.25. The van der Waals surface area contributed by atoms with Crippen LogP contribution < -0.4 is 4.90 Å². The average molecular weight is 435 g/mol. The van der Waals surface area contributed by atoms with Crippen molar-refractivity contribution in [3.63, 3.8) is 0 Å². The first-order valence-electron chi connectivity index (χ1n) is 10.4. The molecule has 2 bridgehead atoms. The Balaban J connectivity index is 1.73. The number of unbranched alkanes of at least 4 members (excludes halogenated alkanes) is 1. The first kappa shape index (κ1) is 21.4. The smallest absolute Gasteiger partial charge is 0.303 e. The zero-order valence-corrected chi connectivity index (χ0v) is 17.5. The fraction of sp³-hybridized carbons (Fsp3) is 0.250. The summed E-state index contributed by atoms with van der Waals surface area (Å²) in [4.78, 5) is 30.6. The zero-order valence-electron chi connectivity index (χ0n) is 17.5. The van der Waals surface area contributed by atoms with Crippen molar-refractivity contribution < 1.29 is 23.6 Å². The SMILES string of the molecule is Cc1cc(C2=CC=C3CC(=C2)N=C(CCCCC(=O)O)N(c2ccc(F)cc2)C3=O)no1. The van der Waals surface area contributed by atoms with E-state index < -0.39 is 11.8 Å². The van der Waals surface area contributed by atoms with Crippen LogP contribution in [0.25, 0.3) is 5.57 Å². The summed E-state index contributed by atoms with van der Waals surface area (Å²) in [7, 11) is 0. The van der Waals surface area contributed by atoms with Gasteiger partial charge in [0.05, 0.1) is 5.69 Å². The van der Waals surface area contributed by atoms with Gasteiger partial charge in [0.25, 0.3) is 5.91 Å². The van der Waals surface area contributed by atoms with Crippen LogP contribution in [0, 0.1) is 12.7 Å². The highest BCUT2D eigenvalue weighted by Gasteiger charge is 2.29. The van der Waals surface area contributed by atoms with Crippen molar-refractivity contribution >= 4 is 29.0 Å². The largest absolute Gasteiger partial charge is 0.481 e. The minimum atomic E-state index is -0.864. The van der Waals surface area contributed by atoms with Crippen LogP contribution in [0.4, 0.5) is 10.1 Å². The number of anilines is 1. The number of carbonyl (C=O) groups excluding carboxylic acids is 1. The van der Waals surface area contributed by atoms with Crippen LogP contribution in [0.2, 0.25) is 0 Å². The molecule has 0 radical (unpaired) electrons. The van der Waals surface area contributed by atoms with Gasteiger partial charge in [-0.1, -0.05) is 17.3 Å². The van der Waals surface area contributed by atoms with E-state index in [-0.39, 0.29) is 12.3 Å². The second-order valence-electron chi connectivity index (χ2n) is 7.70. The molecular formula is C24H22FN3O4. The first-order chi connectivity index (χ1) is 15.4. The van der Waals surface area contributed by atoms with Gasteiger partial charge >= 0.3 is 5.97 Å². The maximum Gasteiger partial charge on any atom is 0.303 e. The number of aliphatic carboxylic acids is 1. The zero-order chi connectivity index (χ0) is 22.7. The number of amidine groups is 1. The van der Waals surface area contributed by atoms with Gasteiger partial charge in [-0.2, -0.15) is 0 Å². The van der Waals surface area contributed by atoms with Gasteiger partial charge in [0.15, 0.2) is 0 Å². The fourth-order valence-corrected chi connectivity index (χ4v) is 3.66. The highest BCUT2D eigenvalue weighted by atomic mass is 19.1. The van der Waals surface area contributed by atoms with Crippen LogP contribution in [-0.2, 0) is 9.59 Å². The van der Waals surface area contributed by atoms with Gasteiger partial charge in [-0.3, -0.25) is 14.5 Å². The van der Waals surface area contributed by atoms with Crippen LogP contribution in [0.5, 0.6) is 0 Å². The molecule has 0 fully saturated rings. The van der Waals surface area contributed by atoms with E-state index in [9.17, 15) is 14.0 Å². The Morgan fingerprint density at radius 2 is 2.00 bits per heavy atom. The van der Waals surface area contributed by atoms with Crippen molar-refractivity contribution in [2.45, 2.75) is 39.0 Å². The number of hydrogen-bond acceptors (Lipinski definition) is 5. The van der Waals surface area contributed by atoms with Crippen molar-refractivity contribution in [3.05, 3.63) is 77.1 Å². The molecule has 2 aromatic rings. The molecule has 0 saturated heterocycles.